The minimum absolute atomic E-state index is 0.325. The first-order valence-corrected chi connectivity index (χ1v) is 9.07. The number of aryl methyl sites for hydroxylation is 2. The van der Waals surface area contributed by atoms with Crippen molar-refractivity contribution in [3.05, 3.63) is 15.6 Å². The standard InChI is InChI=1S/C17H30N2OS/c1-7-8-18-15(9-16-19-11(3)14(6)21-16)17-10(2)12(4)20-13(17)5/h10,12-13,15,17-18H,7-9H2,1-6H3. The molecule has 1 fully saturated rings. The number of thiazole rings is 1. The molecule has 3 nitrogen and oxygen atoms in total. The summed E-state index contributed by atoms with van der Waals surface area (Å²) >= 11 is 1.85. The summed E-state index contributed by atoms with van der Waals surface area (Å²) in [5, 5.41) is 5.02. The summed E-state index contributed by atoms with van der Waals surface area (Å²) in [4.78, 5) is 6.08. The van der Waals surface area contributed by atoms with Crippen LogP contribution in [0, 0.1) is 25.7 Å². The van der Waals surface area contributed by atoms with E-state index in [-0.39, 0.29) is 0 Å². The van der Waals surface area contributed by atoms with Crippen molar-refractivity contribution in [2.45, 2.75) is 72.6 Å². The summed E-state index contributed by atoms with van der Waals surface area (Å²) in [6.07, 6.45) is 2.87. The summed E-state index contributed by atoms with van der Waals surface area (Å²) in [6.45, 7) is 14.3. The van der Waals surface area contributed by atoms with Crippen LogP contribution in [0.5, 0.6) is 0 Å². The third-order valence-corrected chi connectivity index (χ3v) is 6.00. The van der Waals surface area contributed by atoms with E-state index in [1.165, 1.54) is 15.6 Å². The maximum Gasteiger partial charge on any atom is 0.0946 e. The zero-order valence-corrected chi connectivity index (χ0v) is 15.1. The Bertz CT molecular complexity index is 440. The van der Waals surface area contributed by atoms with E-state index >= 15 is 0 Å². The van der Waals surface area contributed by atoms with Crippen LogP contribution in [-0.4, -0.2) is 29.8 Å². The van der Waals surface area contributed by atoms with Crippen molar-refractivity contribution in [3.63, 3.8) is 0 Å². The van der Waals surface area contributed by atoms with Crippen LogP contribution in [0.2, 0.25) is 0 Å². The average Bonchev–Trinajstić information content (AvgIpc) is 2.86. The summed E-state index contributed by atoms with van der Waals surface area (Å²) in [6, 6.07) is 0.463. The lowest BCUT2D eigenvalue weighted by Gasteiger charge is -2.29. The van der Waals surface area contributed by atoms with Crippen LogP contribution in [0.3, 0.4) is 0 Å². The maximum atomic E-state index is 6.06. The second-order valence-corrected chi connectivity index (χ2v) is 7.78. The van der Waals surface area contributed by atoms with Gasteiger partial charge in [-0.25, -0.2) is 4.98 Å². The SMILES string of the molecule is CCCNC(Cc1nc(C)c(C)s1)C1C(C)OC(C)C1C. The highest BCUT2D eigenvalue weighted by Crippen LogP contribution is 2.36. The lowest BCUT2D eigenvalue weighted by molar-refractivity contribution is 0.0476. The summed E-state index contributed by atoms with van der Waals surface area (Å²) in [7, 11) is 0. The molecule has 0 radical (unpaired) electrons. The van der Waals surface area contributed by atoms with Crippen molar-refractivity contribution in [1.29, 1.82) is 0 Å². The molecule has 21 heavy (non-hydrogen) atoms. The molecule has 0 aliphatic carbocycles. The Labute approximate surface area is 133 Å². The predicted molar refractivity (Wildman–Crippen MR) is 90.0 cm³/mol. The highest BCUT2D eigenvalue weighted by molar-refractivity contribution is 7.11. The third-order valence-electron chi connectivity index (χ3n) is 4.91. The van der Waals surface area contributed by atoms with E-state index in [4.69, 9.17) is 9.72 Å². The van der Waals surface area contributed by atoms with Gasteiger partial charge in [0.2, 0.25) is 0 Å². The molecular weight excluding hydrogens is 280 g/mol. The van der Waals surface area contributed by atoms with Crippen LogP contribution in [0.15, 0.2) is 0 Å². The zero-order valence-electron chi connectivity index (χ0n) is 14.3. The van der Waals surface area contributed by atoms with E-state index in [1.54, 1.807) is 0 Å². The normalized spacial score (nSPS) is 30.8. The quantitative estimate of drug-likeness (QED) is 0.869. The van der Waals surface area contributed by atoms with Crippen molar-refractivity contribution < 1.29 is 4.74 Å². The van der Waals surface area contributed by atoms with Gasteiger partial charge in [0.1, 0.15) is 0 Å². The first kappa shape index (κ1) is 16.9. The molecule has 1 N–H and O–H groups in total. The molecule has 120 valence electrons. The molecule has 0 bridgehead atoms. The molecule has 1 aliphatic heterocycles. The minimum atomic E-state index is 0.325. The maximum absolute atomic E-state index is 6.06. The van der Waals surface area contributed by atoms with Crippen LogP contribution in [0.1, 0.15) is 49.7 Å². The first-order chi connectivity index (χ1) is 9.93. The molecule has 0 saturated carbocycles. The summed E-state index contributed by atoms with van der Waals surface area (Å²) < 4.78 is 6.06. The second-order valence-electron chi connectivity index (χ2n) is 6.50. The number of hydrogen-bond donors (Lipinski definition) is 1. The van der Waals surface area contributed by atoms with Crippen molar-refractivity contribution >= 4 is 11.3 Å². The largest absolute Gasteiger partial charge is 0.375 e. The van der Waals surface area contributed by atoms with Gasteiger partial charge in [0, 0.05) is 23.3 Å². The van der Waals surface area contributed by atoms with E-state index in [9.17, 15) is 0 Å². The second kappa shape index (κ2) is 7.21. The molecule has 0 spiro atoms. The van der Waals surface area contributed by atoms with Gasteiger partial charge in [0.05, 0.1) is 22.9 Å². The van der Waals surface area contributed by atoms with Gasteiger partial charge in [-0.15, -0.1) is 11.3 Å². The van der Waals surface area contributed by atoms with E-state index in [0.717, 1.165) is 19.4 Å². The number of aromatic nitrogens is 1. The molecule has 1 aromatic rings. The number of rotatable bonds is 6. The molecule has 1 saturated heterocycles. The summed E-state index contributed by atoms with van der Waals surface area (Å²) in [5.74, 6) is 1.16. The third kappa shape index (κ3) is 3.85. The average molecular weight is 311 g/mol. The van der Waals surface area contributed by atoms with Crippen LogP contribution >= 0.6 is 11.3 Å². The summed E-state index contributed by atoms with van der Waals surface area (Å²) in [5.41, 5.74) is 1.18. The van der Waals surface area contributed by atoms with Gasteiger partial charge in [-0.3, -0.25) is 0 Å². The van der Waals surface area contributed by atoms with Crippen molar-refractivity contribution in [1.82, 2.24) is 10.3 Å². The molecule has 0 amide bonds. The fourth-order valence-corrected chi connectivity index (χ4v) is 4.47. The van der Waals surface area contributed by atoms with Gasteiger partial charge in [0.25, 0.3) is 0 Å². The van der Waals surface area contributed by atoms with E-state index in [2.05, 4.69) is 46.9 Å². The lowest BCUT2D eigenvalue weighted by atomic mass is 9.82. The van der Waals surface area contributed by atoms with Crippen LogP contribution in [-0.2, 0) is 11.2 Å². The Morgan fingerprint density at radius 2 is 1.95 bits per heavy atom. The van der Waals surface area contributed by atoms with E-state index in [0.29, 0.717) is 30.1 Å². The van der Waals surface area contributed by atoms with Crippen molar-refractivity contribution in [2.75, 3.05) is 6.54 Å². The molecule has 5 atom stereocenters. The van der Waals surface area contributed by atoms with Gasteiger partial charge in [-0.05, 0) is 46.6 Å². The Hall–Kier alpha value is -0.450. The van der Waals surface area contributed by atoms with Crippen LogP contribution < -0.4 is 5.32 Å². The fraction of sp³-hybridized carbons (Fsp3) is 0.824. The number of nitrogens with one attached hydrogen (secondary N) is 1. The highest BCUT2D eigenvalue weighted by atomic mass is 32.1. The van der Waals surface area contributed by atoms with Crippen molar-refractivity contribution in [2.24, 2.45) is 11.8 Å². The first-order valence-electron chi connectivity index (χ1n) is 8.25. The molecule has 4 heteroatoms. The molecule has 2 rings (SSSR count). The van der Waals surface area contributed by atoms with Crippen molar-refractivity contribution in [3.8, 4) is 0 Å². The van der Waals surface area contributed by atoms with Gasteiger partial charge in [-0.2, -0.15) is 0 Å². The lowest BCUT2D eigenvalue weighted by Crippen LogP contribution is -2.43. The topological polar surface area (TPSA) is 34.2 Å². The van der Waals surface area contributed by atoms with Gasteiger partial charge < -0.3 is 10.1 Å². The molecule has 2 heterocycles. The molecule has 1 aliphatic rings. The predicted octanol–water partition coefficient (Wildman–Crippen LogP) is 3.73. The van der Waals surface area contributed by atoms with Gasteiger partial charge in [-0.1, -0.05) is 13.8 Å². The smallest absolute Gasteiger partial charge is 0.0946 e. The molecular formula is C17H30N2OS. The van der Waals surface area contributed by atoms with E-state index < -0.39 is 0 Å². The fourth-order valence-electron chi connectivity index (χ4n) is 3.48. The van der Waals surface area contributed by atoms with Gasteiger partial charge in [0.15, 0.2) is 0 Å². The monoisotopic (exact) mass is 310 g/mol. The number of hydrogen-bond acceptors (Lipinski definition) is 4. The highest BCUT2D eigenvalue weighted by Gasteiger charge is 2.41. The Morgan fingerprint density at radius 3 is 2.43 bits per heavy atom. The Kier molecular flexibility index (Phi) is 5.81. The molecule has 1 aromatic heterocycles. The minimum Gasteiger partial charge on any atom is -0.375 e. The van der Waals surface area contributed by atoms with E-state index in [1.807, 2.05) is 11.3 Å². The zero-order chi connectivity index (χ0) is 15.6. The van der Waals surface area contributed by atoms with Crippen LogP contribution in [0.4, 0.5) is 0 Å². The number of nitrogens with zero attached hydrogens (tertiary/aromatic N) is 1. The van der Waals surface area contributed by atoms with Gasteiger partial charge >= 0.3 is 0 Å². The molecule has 5 unspecified atom stereocenters. The Morgan fingerprint density at radius 1 is 1.24 bits per heavy atom. The molecule has 0 aromatic carbocycles. The number of ether oxygens (including phenoxy) is 1. The Balaban J connectivity index is 2.13. The van der Waals surface area contributed by atoms with Crippen LogP contribution in [0.25, 0.3) is 0 Å².